The van der Waals surface area contributed by atoms with Gasteiger partial charge in [-0.1, -0.05) is 73.7 Å². The first kappa shape index (κ1) is 38.1. The Hall–Kier alpha value is -4.20. The van der Waals surface area contributed by atoms with Crippen LogP contribution in [0.15, 0.2) is 72.8 Å². The van der Waals surface area contributed by atoms with Crippen molar-refractivity contribution in [1.29, 1.82) is 0 Å². The predicted molar refractivity (Wildman–Crippen MR) is 193 cm³/mol. The van der Waals surface area contributed by atoms with E-state index >= 15 is 0 Å². The zero-order valence-electron chi connectivity index (χ0n) is 30.0. The second-order valence-electron chi connectivity index (χ2n) is 14.6. The molecule has 0 bridgehead atoms. The Kier molecular flexibility index (Phi) is 11.8. The molecule has 7 rings (SSSR count). The number of nitrogens with one attached hydrogen (secondary N) is 1. The molecule has 5 atom stereocenters. The van der Waals surface area contributed by atoms with E-state index in [1.165, 1.54) is 38.8 Å². The van der Waals surface area contributed by atoms with Crippen molar-refractivity contribution in [3.8, 4) is 11.1 Å². The zero-order chi connectivity index (χ0) is 37.9. The van der Waals surface area contributed by atoms with Crippen LogP contribution in [0.2, 0.25) is 0 Å². The first-order valence-corrected chi connectivity index (χ1v) is 18.6. The largest absolute Gasteiger partial charge is 0.392 e. The van der Waals surface area contributed by atoms with E-state index in [2.05, 4.69) is 22.0 Å². The maximum atomic E-state index is 14.2. The molecular weight excluding hydrogens is 705 g/mol. The van der Waals surface area contributed by atoms with Crippen molar-refractivity contribution in [2.24, 2.45) is 5.92 Å². The molecule has 0 saturated carbocycles. The lowest BCUT2D eigenvalue weighted by Crippen LogP contribution is -2.48. The fraction of sp³-hybridized carbons (Fsp3) is 0.405. The maximum Gasteiger partial charge on any atom is 0.257 e. The summed E-state index contributed by atoms with van der Waals surface area (Å²) in [5.74, 6) is -12.4. The van der Waals surface area contributed by atoms with E-state index in [4.69, 9.17) is 9.47 Å². The summed E-state index contributed by atoms with van der Waals surface area (Å²) >= 11 is 0. The monoisotopic (exact) mass is 749 g/mol. The average molecular weight is 750 g/mol. The minimum absolute atomic E-state index is 0.0363. The molecule has 0 aromatic heterocycles. The molecule has 0 radical (unpaired) electrons. The van der Waals surface area contributed by atoms with Crippen LogP contribution in [0.4, 0.5) is 22.0 Å². The van der Waals surface area contributed by atoms with Gasteiger partial charge in [-0.15, -0.1) is 0 Å². The van der Waals surface area contributed by atoms with E-state index in [0.29, 0.717) is 11.6 Å². The smallest absolute Gasteiger partial charge is 0.257 e. The number of amides is 1. The van der Waals surface area contributed by atoms with Crippen LogP contribution in [-0.2, 0) is 22.6 Å². The van der Waals surface area contributed by atoms with Gasteiger partial charge in [0, 0.05) is 37.2 Å². The summed E-state index contributed by atoms with van der Waals surface area (Å²) < 4.78 is 82.6. The number of aliphatic hydroxyl groups is 1. The van der Waals surface area contributed by atoms with Crippen LogP contribution < -0.4 is 5.32 Å². The van der Waals surface area contributed by atoms with Gasteiger partial charge in [0.25, 0.3) is 5.91 Å². The van der Waals surface area contributed by atoms with Crippen molar-refractivity contribution in [1.82, 2.24) is 15.1 Å². The fourth-order valence-corrected chi connectivity index (χ4v) is 7.93. The number of rotatable bonds is 11. The second-order valence-corrected chi connectivity index (χ2v) is 14.6. The number of ether oxygens (including phenoxy) is 2. The Morgan fingerprint density at radius 1 is 0.759 bits per heavy atom. The number of aliphatic hydroxyl groups excluding tert-OH is 1. The number of nitrogens with zero attached hydrogens (tertiary/aromatic N) is 2. The van der Waals surface area contributed by atoms with Gasteiger partial charge >= 0.3 is 0 Å². The number of carbonyl (C=O) groups excluding carboxylic acids is 1. The predicted octanol–water partition coefficient (Wildman–Crippen LogP) is 7.82. The van der Waals surface area contributed by atoms with Gasteiger partial charge in [-0.3, -0.25) is 9.69 Å². The Morgan fingerprint density at radius 3 is 2.11 bits per heavy atom. The minimum Gasteiger partial charge on any atom is -0.392 e. The topological polar surface area (TPSA) is 74.3 Å². The standard InChI is InChI=1S/C42H44F5N3O4/c1-25-33(23-50-19-5-8-32(50)22-49-17-2-3-18-49)53-42(54-40(25)29-11-9-26(24-51)10-12-29)30-15-13-28(14-16-30)31-7-4-6-27(20-31)21-48-41(52)34-35(43)37(45)39(47)38(46)36(34)44/h4,6-7,9-16,20,25,32-33,40,42,51H,2-3,5,8,17-19,21-24H2,1H3,(H,48,52)/t25-,32-,33+,40+,42+/m0/s1. The summed E-state index contributed by atoms with van der Waals surface area (Å²) in [6, 6.07) is 23.2. The lowest BCUT2D eigenvalue weighted by Gasteiger charge is -2.43. The van der Waals surface area contributed by atoms with Crippen LogP contribution in [0.3, 0.4) is 0 Å². The Labute approximate surface area is 311 Å². The molecule has 3 saturated heterocycles. The highest BCUT2D eigenvalue weighted by Crippen LogP contribution is 2.42. The molecule has 7 nitrogen and oxygen atoms in total. The molecule has 1 amide bonds. The minimum atomic E-state index is -2.33. The zero-order valence-corrected chi connectivity index (χ0v) is 30.0. The van der Waals surface area contributed by atoms with Gasteiger partial charge in [0.15, 0.2) is 29.6 Å². The third-order valence-corrected chi connectivity index (χ3v) is 11.0. The van der Waals surface area contributed by atoms with Gasteiger partial charge in [-0.25, -0.2) is 22.0 Å². The maximum absolute atomic E-state index is 14.2. The molecule has 12 heteroatoms. The first-order valence-electron chi connectivity index (χ1n) is 18.6. The molecule has 286 valence electrons. The Morgan fingerprint density at radius 2 is 1.43 bits per heavy atom. The van der Waals surface area contributed by atoms with Crippen molar-refractivity contribution < 1.29 is 41.3 Å². The van der Waals surface area contributed by atoms with Gasteiger partial charge in [-0.2, -0.15) is 0 Å². The lowest BCUT2D eigenvalue weighted by molar-refractivity contribution is -0.276. The summed E-state index contributed by atoms with van der Waals surface area (Å²) in [5, 5.41) is 11.9. The van der Waals surface area contributed by atoms with E-state index in [9.17, 15) is 31.9 Å². The van der Waals surface area contributed by atoms with Crippen LogP contribution in [0, 0.1) is 35.0 Å². The third-order valence-electron chi connectivity index (χ3n) is 11.0. The van der Waals surface area contributed by atoms with E-state index in [1.807, 2.05) is 54.6 Å². The van der Waals surface area contributed by atoms with Crippen molar-refractivity contribution in [2.45, 2.75) is 70.3 Å². The molecule has 3 fully saturated rings. The van der Waals surface area contributed by atoms with E-state index in [-0.39, 0.29) is 31.3 Å². The van der Waals surface area contributed by atoms with Crippen molar-refractivity contribution in [3.05, 3.63) is 130 Å². The molecule has 3 aliphatic heterocycles. The lowest BCUT2D eigenvalue weighted by atomic mass is 9.89. The molecule has 4 aromatic rings. The van der Waals surface area contributed by atoms with Crippen LogP contribution >= 0.6 is 0 Å². The molecule has 3 heterocycles. The molecular formula is C42H44F5N3O4. The van der Waals surface area contributed by atoms with Crippen molar-refractivity contribution in [2.75, 3.05) is 32.7 Å². The highest BCUT2D eigenvalue weighted by molar-refractivity contribution is 5.94. The normalized spacial score (nSPS) is 23.6. The highest BCUT2D eigenvalue weighted by atomic mass is 19.2. The number of hydrogen-bond donors (Lipinski definition) is 2. The molecule has 0 aliphatic carbocycles. The molecule has 3 aliphatic rings. The Balaban J connectivity index is 1.07. The van der Waals surface area contributed by atoms with Gasteiger partial charge in [0.2, 0.25) is 5.82 Å². The number of carbonyl (C=O) groups is 1. The average Bonchev–Trinajstić information content (AvgIpc) is 3.89. The van der Waals surface area contributed by atoms with Crippen LogP contribution in [0.25, 0.3) is 11.1 Å². The Bertz CT molecular complexity index is 1910. The van der Waals surface area contributed by atoms with Gasteiger partial charge in [0.1, 0.15) is 5.56 Å². The van der Waals surface area contributed by atoms with Crippen molar-refractivity contribution in [3.63, 3.8) is 0 Å². The SMILES string of the molecule is C[C@H]1[C@@H](CN2CCC[C@H]2CN2CCCC2)O[C@@H](c2ccc(-c3cccc(CNC(=O)c4c(F)c(F)c(F)c(F)c4F)c3)cc2)O[C@H]1c1ccc(CO)cc1. The summed E-state index contributed by atoms with van der Waals surface area (Å²) in [7, 11) is 0. The van der Waals surface area contributed by atoms with E-state index < -0.39 is 46.8 Å². The summed E-state index contributed by atoms with van der Waals surface area (Å²) in [6.07, 6.45) is 3.92. The molecule has 2 N–H and O–H groups in total. The quantitative estimate of drug-likeness (QED) is 0.0926. The number of halogens is 5. The molecule has 4 aromatic carbocycles. The molecule has 0 spiro atoms. The van der Waals surface area contributed by atoms with Crippen LogP contribution in [0.1, 0.15) is 77.6 Å². The molecule has 0 unspecified atom stereocenters. The van der Waals surface area contributed by atoms with Crippen molar-refractivity contribution >= 4 is 5.91 Å². The number of benzene rings is 4. The molecule has 54 heavy (non-hydrogen) atoms. The number of hydrogen-bond acceptors (Lipinski definition) is 6. The first-order chi connectivity index (χ1) is 26.1. The van der Waals surface area contributed by atoms with E-state index in [0.717, 1.165) is 47.5 Å². The summed E-state index contributed by atoms with van der Waals surface area (Å²) in [4.78, 5) is 17.7. The van der Waals surface area contributed by atoms with Crippen LogP contribution in [0.5, 0.6) is 0 Å². The highest BCUT2D eigenvalue weighted by Gasteiger charge is 2.41. The summed E-state index contributed by atoms with van der Waals surface area (Å²) in [5.41, 5.74) is 3.32. The van der Waals surface area contributed by atoms with E-state index in [1.54, 1.807) is 18.2 Å². The fourth-order valence-electron chi connectivity index (χ4n) is 7.93. The van der Waals surface area contributed by atoms with Crippen LogP contribution in [-0.4, -0.2) is 65.7 Å². The third kappa shape index (κ3) is 8.08. The van der Waals surface area contributed by atoms with Gasteiger partial charge in [0.05, 0.1) is 18.8 Å². The second kappa shape index (κ2) is 16.7. The van der Waals surface area contributed by atoms with Gasteiger partial charge < -0.3 is 24.8 Å². The number of likely N-dealkylation sites (tertiary alicyclic amines) is 2. The summed E-state index contributed by atoms with van der Waals surface area (Å²) in [6.45, 7) is 7.20. The van der Waals surface area contributed by atoms with Gasteiger partial charge in [-0.05, 0) is 79.2 Å².